The lowest BCUT2D eigenvalue weighted by Crippen LogP contribution is -2.31. The molecule has 18 heavy (non-hydrogen) atoms. The fourth-order valence-corrected chi connectivity index (χ4v) is 2.91. The number of hydrogen-bond acceptors (Lipinski definition) is 2. The van der Waals surface area contributed by atoms with E-state index in [4.69, 9.17) is 10.5 Å². The van der Waals surface area contributed by atoms with Crippen LogP contribution in [-0.4, -0.2) is 13.2 Å². The van der Waals surface area contributed by atoms with Crippen LogP contribution in [0.1, 0.15) is 32.3 Å². The van der Waals surface area contributed by atoms with E-state index in [1.54, 1.807) is 7.11 Å². The zero-order valence-electron chi connectivity index (χ0n) is 11.6. The minimum absolute atomic E-state index is 0.203. The topological polar surface area (TPSA) is 35.2 Å². The highest BCUT2D eigenvalue weighted by Gasteiger charge is 2.26. The van der Waals surface area contributed by atoms with E-state index in [0.717, 1.165) is 25.0 Å². The molecule has 2 N–H and O–H groups in total. The van der Waals surface area contributed by atoms with E-state index in [2.05, 4.69) is 32.1 Å². The summed E-state index contributed by atoms with van der Waals surface area (Å²) in [4.78, 5) is 0. The predicted octanol–water partition coefficient (Wildman–Crippen LogP) is 3.31. The summed E-state index contributed by atoms with van der Waals surface area (Å²) < 4.78 is 5.26. The van der Waals surface area contributed by atoms with E-state index in [-0.39, 0.29) is 6.04 Å². The molecule has 0 radical (unpaired) electrons. The molecule has 0 amide bonds. The second-order valence-electron chi connectivity index (χ2n) is 6.06. The summed E-state index contributed by atoms with van der Waals surface area (Å²) >= 11 is 0. The molecular formula is C16H23NO. The SMILES string of the molecule is COc1cccc(CC2=CC(N)CC(C)(C)C2)c1. The first-order valence-electron chi connectivity index (χ1n) is 6.57. The summed E-state index contributed by atoms with van der Waals surface area (Å²) in [5.74, 6) is 0.924. The van der Waals surface area contributed by atoms with E-state index >= 15 is 0 Å². The van der Waals surface area contributed by atoms with Crippen LogP contribution >= 0.6 is 0 Å². The maximum atomic E-state index is 6.11. The Bertz CT molecular complexity index is 448. The minimum Gasteiger partial charge on any atom is -0.497 e. The zero-order valence-corrected chi connectivity index (χ0v) is 11.6. The van der Waals surface area contributed by atoms with Crippen LogP contribution in [0.4, 0.5) is 0 Å². The molecule has 0 bridgehead atoms. The molecule has 0 fully saturated rings. The number of hydrogen-bond donors (Lipinski definition) is 1. The van der Waals surface area contributed by atoms with Crippen LogP contribution in [0.3, 0.4) is 0 Å². The molecule has 0 heterocycles. The van der Waals surface area contributed by atoms with Crippen LogP contribution in [0.25, 0.3) is 0 Å². The highest BCUT2D eigenvalue weighted by molar-refractivity contribution is 5.32. The van der Waals surface area contributed by atoms with Gasteiger partial charge in [-0.3, -0.25) is 0 Å². The van der Waals surface area contributed by atoms with E-state index in [1.807, 2.05) is 12.1 Å². The van der Waals surface area contributed by atoms with Crippen molar-refractivity contribution in [1.29, 1.82) is 0 Å². The molecule has 1 aliphatic rings. The molecule has 0 aromatic heterocycles. The van der Waals surface area contributed by atoms with Crippen LogP contribution < -0.4 is 10.5 Å². The summed E-state index contributed by atoms with van der Waals surface area (Å²) in [5, 5.41) is 0. The third kappa shape index (κ3) is 3.36. The Morgan fingerprint density at radius 2 is 2.17 bits per heavy atom. The first-order valence-corrected chi connectivity index (χ1v) is 6.57. The van der Waals surface area contributed by atoms with Crippen molar-refractivity contribution < 1.29 is 4.74 Å². The smallest absolute Gasteiger partial charge is 0.119 e. The molecule has 2 nitrogen and oxygen atoms in total. The molecule has 0 spiro atoms. The summed E-state index contributed by atoms with van der Waals surface area (Å²) in [6.45, 7) is 4.59. The van der Waals surface area contributed by atoms with Crippen molar-refractivity contribution in [3.8, 4) is 5.75 Å². The largest absolute Gasteiger partial charge is 0.497 e. The highest BCUT2D eigenvalue weighted by Crippen LogP contribution is 2.36. The number of benzene rings is 1. The molecule has 0 saturated carbocycles. The Hall–Kier alpha value is -1.28. The second-order valence-corrected chi connectivity index (χ2v) is 6.06. The normalized spacial score (nSPS) is 22.4. The molecule has 2 heteroatoms. The molecule has 0 aliphatic heterocycles. The van der Waals surface area contributed by atoms with Gasteiger partial charge in [0, 0.05) is 6.04 Å². The molecule has 1 aliphatic carbocycles. The summed E-state index contributed by atoms with van der Waals surface area (Å²) in [6, 6.07) is 8.48. The quantitative estimate of drug-likeness (QED) is 0.829. The van der Waals surface area contributed by atoms with Gasteiger partial charge in [0.05, 0.1) is 7.11 Å². The second kappa shape index (κ2) is 5.15. The van der Waals surface area contributed by atoms with Crippen molar-refractivity contribution in [2.24, 2.45) is 11.1 Å². The fourth-order valence-electron chi connectivity index (χ4n) is 2.91. The minimum atomic E-state index is 0.203. The van der Waals surface area contributed by atoms with Crippen molar-refractivity contribution >= 4 is 0 Å². The number of nitrogens with two attached hydrogens (primary N) is 1. The van der Waals surface area contributed by atoms with E-state index < -0.39 is 0 Å². The summed E-state index contributed by atoms with van der Waals surface area (Å²) in [5.41, 5.74) is 9.18. The average Bonchev–Trinajstić information content (AvgIpc) is 2.26. The van der Waals surface area contributed by atoms with Crippen LogP contribution in [0.5, 0.6) is 5.75 Å². The number of methoxy groups -OCH3 is 1. The van der Waals surface area contributed by atoms with Gasteiger partial charge >= 0.3 is 0 Å². The van der Waals surface area contributed by atoms with E-state index in [1.165, 1.54) is 11.1 Å². The highest BCUT2D eigenvalue weighted by atomic mass is 16.5. The van der Waals surface area contributed by atoms with Gasteiger partial charge in [-0.2, -0.15) is 0 Å². The Kier molecular flexibility index (Phi) is 3.76. The molecule has 1 aromatic rings. The first-order chi connectivity index (χ1) is 8.48. The van der Waals surface area contributed by atoms with Gasteiger partial charge in [0.25, 0.3) is 0 Å². The summed E-state index contributed by atoms with van der Waals surface area (Å²) in [6.07, 6.45) is 5.44. The maximum Gasteiger partial charge on any atom is 0.119 e. The molecule has 1 unspecified atom stereocenters. The lowest BCUT2D eigenvalue weighted by atomic mass is 9.74. The van der Waals surface area contributed by atoms with Crippen molar-refractivity contribution in [2.75, 3.05) is 7.11 Å². The molecule has 0 saturated heterocycles. The van der Waals surface area contributed by atoms with Crippen molar-refractivity contribution in [3.05, 3.63) is 41.5 Å². The average molecular weight is 245 g/mol. The van der Waals surface area contributed by atoms with Gasteiger partial charge in [0.2, 0.25) is 0 Å². The Balaban J connectivity index is 2.13. The lowest BCUT2D eigenvalue weighted by molar-refractivity contribution is 0.299. The third-order valence-electron chi connectivity index (χ3n) is 3.51. The molecule has 98 valence electrons. The van der Waals surface area contributed by atoms with Crippen molar-refractivity contribution in [3.63, 3.8) is 0 Å². The van der Waals surface area contributed by atoms with E-state index in [0.29, 0.717) is 5.41 Å². The van der Waals surface area contributed by atoms with Crippen molar-refractivity contribution in [1.82, 2.24) is 0 Å². The lowest BCUT2D eigenvalue weighted by Gasteiger charge is -2.33. The van der Waals surface area contributed by atoms with Gasteiger partial charge in [-0.05, 0) is 42.4 Å². The van der Waals surface area contributed by atoms with Gasteiger partial charge in [-0.15, -0.1) is 0 Å². The van der Waals surface area contributed by atoms with Crippen LogP contribution in [0.2, 0.25) is 0 Å². The zero-order chi connectivity index (χ0) is 13.2. The maximum absolute atomic E-state index is 6.11. The third-order valence-corrected chi connectivity index (χ3v) is 3.51. The standard InChI is InChI=1S/C16H23NO/c1-16(2)10-13(8-14(17)11-16)7-12-5-4-6-15(9-12)18-3/h4-6,8-9,14H,7,10-11,17H2,1-3H3. The Morgan fingerprint density at radius 3 is 2.83 bits per heavy atom. The molecule has 1 atom stereocenters. The van der Waals surface area contributed by atoms with Crippen LogP contribution in [0.15, 0.2) is 35.9 Å². The van der Waals surface area contributed by atoms with Gasteiger partial charge in [0.1, 0.15) is 5.75 Å². The van der Waals surface area contributed by atoms with Crippen LogP contribution in [0, 0.1) is 5.41 Å². The monoisotopic (exact) mass is 245 g/mol. The number of ether oxygens (including phenoxy) is 1. The Morgan fingerprint density at radius 1 is 1.39 bits per heavy atom. The molecular weight excluding hydrogens is 222 g/mol. The molecule has 1 aromatic carbocycles. The summed E-state index contributed by atoms with van der Waals surface area (Å²) in [7, 11) is 1.71. The molecule has 2 rings (SSSR count). The Labute approximate surface area is 110 Å². The first kappa shape index (κ1) is 13.2. The van der Waals surface area contributed by atoms with Gasteiger partial charge in [-0.1, -0.05) is 37.6 Å². The van der Waals surface area contributed by atoms with Gasteiger partial charge in [0.15, 0.2) is 0 Å². The van der Waals surface area contributed by atoms with E-state index in [9.17, 15) is 0 Å². The number of allylic oxidation sites excluding steroid dienone is 1. The van der Waals surface area contributed by atoms with Gasteiger partial charge < -0.3 is 10.5 Å². The van der Waals surface area contributed by atoms with Crippen molar-refractivity contribution in [2.45, 2.75) is 39.2 Å². The number of rotatable bonds is 3. The van der Waals surface area contributed by atoms with Crippen LogP contribution in [-0.2, 0) is 6.42 Å². The fraction of sp³-hybridized carbons (Fsp3) is 0.500. The predicted molar refractivity (Wildman–Crippen MR) is 75.8 cm³/mol. The van der Waals surface area contributed by atoms with Gasteiger partial charge in [-0.25, -0.2) is 0 Å².